The zero-order valence-corrected chi connectivity index (χ0v) is 15.8. The molecule has 138 valence electrons. The van der Waals surface area contributed by atoms with Crippen molar-refractivity contribution in [3.63, 3.8) is 0 Å². The van der Waals surface area contributed by atoms with E-state index >= 15 is 0 Å². The third-order valence-corrected chi connectivity index (χ3v) is 5.31. The lowest BCUT2D eigenvalue weighted by Crippen LogP contribution is -2.46. The molecule has 0 aliphatic carbocycles. The molecule has 7 nitrogen and oxygen atoms in total. The fraction of sp³-hybridized carbons (Fsp3) is 0.722. The Morgan fingerprint density at radius 2 is 1.88 bits per heavy atom. The van der Waals surface area contributed by atoms with Gasteiger partial charge in [-0.15, -0.1) is 0 Å². The number of fused-ring (bicyclic) bond motifs is 1. The lowest BCUT2D eigenvalue weighted by molar-refractivity contribution is -0.145. The van der Waals surface area contributed by atoms with E-state index in [2.05, 4.69) is 20.8 Å². The summed E-state index contributed by atoms with van der Waals surface area (Å²) in [7, 11) is 0. The van der Waals surface area contributed by atoms with Gasteiger partial charge in [-0.25, -0.2) is 0 Å². The average Bonchev–Trinajstić information content (AvgIpc) is 3.05. The molecule has 0 atom stereocenters. The van der Waals surface area contributed by atoms with Gasteiger partial charge in [0.15, 0.2) is 5.82 Å². The minimum absolute atomic E-state index is 0.0224. The molecule has 0 bridgehead atoms. The second-order valence-corrected chi connectivity index (χ2v) is 8.64. The Hall–Kier alpha value is -1.89. The fourth-order valence-corrected chi connectivity index (χ4v) is 3.65. The van der Waals surface area contributed by atoms with Crippen LogP contribution in [0.4, 0.5) is 5.82 Å². The van der Waals surface area contributed by atoms with Crippen LogP contribution in [0, 0.1) is 11.3 Å². The van der Waals surface area contributed by atoms with Gasteiger partial charge in [0.2, 0.25) is 11.8 Å². The summed E-state index contributed by atoms with van der Waals surface area (Å²) < 4.78 is 0. The standard InChI is InChI=1S/C18H29N5O2/c1-17(2,3)16(25)23-10-12-13(18(23,4)5)21-22-14(12)20-15(24)11-6-8-19-9-7-11/h11,19H,6-10H2,1-5H3,(H2,20,21,22,24). The Balaban J connectivity index is 1.80. The van der Waals surface area contributed by atoms with Gasteiger partial charge in [0, 0.05) is 16.9 Å². The van der Waals surface area contributed by atoms with Gasteiger partial charge in [-0.3, -0.25) is 14.7 Å². The molecular formula is C18H29N5O2. The van der Waals surface area contributed by atoms with Crippen LogP contribution in [0.25, 0.3) is 0 Å². The van der Waals surface area contributed by atoms with Crippen molar-refractivity contribution in [2.45, 2.75) is 59.5 Å². The Bertz CT molecular complexity index is 680. The maximum atomic E-state index is 12.8. The minimum Gasteiger partial charge on any atom is -0.327 e. The first-order valence-electron chi connectivity index (χ1n) is 9.03. The van der Waals surface area contributed by atoms with Crippen molar-refractivity contribution >= 4 is 17.6 Å². The molecule has 3 heterocycles. The maximum Gasteiger partial charge on any atom is 0.229 e. The number of anilines is 1. The van der Waals surface area contributed by atoms with Crippen LogP contribution in [0.1, 0.15) is 58.7 Å². The smallest absolute Gasteiger partial charge is 0.229 e. The molecule has 0 saturated carbocycles. The summed E-state index contributed by atoms with van der Waals surface area (Å²) in [4.78, 5) is 27.2. The van der Waals surface area contributed by atoms with Crippen molar-refractivity contribution in [3.05, 3.63) is 11.3 Å². The third kappa shape index (κ3) is 3.17. The van der Waals surface area contributed by atoms with E-state index in [1.807, 2.05) is 39.5 Å². The first-order chi connectivity index (χ1) is 11.6. The SMILES string of the molecule is CC(C)(C)C(=O)N1Cc2c(NC(=O)C3CCNCC3)n[nH]c2C1(C)C. The maximum absolute atomic E-state index is 12.8. The van der Waals surface area contributed by atoms with E-state index in [4.69, 9.17) is 0 Å². The molecule has 0 spiro atoms. The van der Waals surface area contributed by atoms with Crippen LogP contribution in [0.5, 0.6) is 0 Å². The number of carbonyl (C=O) groups excluding carboxylic acids is 2. The quantitative estimate of drug-likeness (QED) is 0.763. The number of aromatic nitrogens is 2. The zero-order valence-electron chi connectivity index (χ0n) is 15.8. The van der Waals surface area contributed by atoms with Crippen molar-refractivity contribution in [1.29, 1.82) is 0 Å². The highest BCUT2D eigenvalue weighted by Crippen LogP contribution is 2.42. The van der Waals surface area contributed by atoms with E-state index < -0.39 is 11.0 Å². The van der Waals surface area contributed by atoms with Crippen LogP contribution in [-0.2, 0) is 21.7 Å². The number of amides is 2. The lowest BCUT2D eigenvalue weighted by Gasteiger charge is -2.36. The summed E-state index contributed by atoms with van der Waals surface area (Å²) in [6, 6.07) is 0. The molecule has 25 heavy (non-hydrogen) atoms. The molecule has 2 amide bonds. The summed E-state index contributed by atoms with van der Waals surface area (Å²) in [5.74, 6) is 0.707. The number of rotatable bonds is 2. The molecule has 1 saturated heterocycles. The van der Waals surface area contributed by atoms with Crippen molar-refractivity contribution in [2.75, 3.05) is 18.4 Å². The van der Waals surface area contributed by atoms with Crippen LogP contribution in [0.3, 0.4) is 0 Å². The summed E-state index contributed by atoms with van der Waals surface area (Å²) in [5.41, 5.74) is 0.910. The predicted molar refractivity (Wildman–Crippen MR) is 95.8 cm³/mol. The van der Waals surface area contributed by atoms with Crippen molar-refractivity contribution < 1.29 is 9.59 Å². The molecule has 1 fully saturated rings. The number of nitrogens with zero attached hydrogens (tertiary/aromatic N) is 2. The highest BCUT2D eigenvalue weighted by molar-refractivity contribution is 5.93. The molecule has 0 aromatic carbocycles. The van der Waals surface area contributed by atoms with Crippen molar-refractivity contribution in [3.8, 4) is 0 Å². The minimum atomic E-state index is -0.468. The van der Waals surface area contributed by atoms with Crippen LogP contribution in [0.15, 0.2) is 0 Å². The van der Waals surface area contributed by atoms with Crippen LogP contribution >= 0.6 is 0 Å². The van der Waals surface area contributed by atoms with E-state index in [9.17, 15) is 9.59 Å². The van der Waals surface area contributed by atoms with Gasteiger partial charge in [-0.05, 0) is 39.8 Å². The molecular weight excluding hydrogens is 318 g/mol. The number of aromatic amines is 1. The topological polar surface area (TPSA) is 90.1 Å². The number of piperidine rings is 1. The highest BCUT2D eigenvalue weighted by atomic mass is 16.2. The lowest BCUT2D eigenvalue weighted by atomic mass is 9.92. The van der Waals surface area contributed by atoms with E-state index in [0.717, 1.165) is 37.2 Å². The molecule has 2 aliphatic heterocycles. The van der Waals surface area contributed by atoms with Gasteiger partial charge in [-0.1, -0.05) is 20.8 Å². The number of H-pyrrole nitrogens is 1. The van der Waals surface area contributed by atoms with Crippen molar-refractivity contribution in [2.24, 2.45) is 11.3 Å². The molecule has 2 aliphatic rings. The average molecular weight is 347 g/mol. The number of carbonyl (C=O) groups is 2. The molecule has 0 radical (unpaired) electrons. The molecule has 1 aromatic rings. The number of hydrogen-bond acceptors (Lipinski definition) is 4. The Morgan fingerprint density at radius 3 is 2.48 bits per heavy atom. The van der Waals surface area contributed by atoms with E-state index in [-0.39, 0.29) is 17.7 Å². The monoisotopic (exact) mass is 347 g/mol. The Labute approximate surface area is 148 Å². The number of hydrogen-bond donors (Lipinski definition) is 3. The summed E-state index contributed by atoms with van der Waals surface area (Å²) >= 11 is 0. The molecule has 0 unspecified atom stereocenters. The van der Waals surface area contributed by atoms with Crippen LogP contribution < -0.4 is 10.6 Å². The van der Waals surface area contributed by atoms with Crippen molar-refractivity contribution in [1.82, 2.24) is 20.4 Å². The molecule has 1 aromatic heterocycles. The first kappa shape index (κ1) is 17.9. The molecule has 3 N–H and O–H groups in total. The normalized spacial score (nSPS) is 20.4. The molecule has 3 rings (SSSR count). The summed E-state index contributed by atoms with van der Waals surface area (Å²) in [6.07, 6.45) is 1.69. The van der Waals surface area contributed by atoms with Gasteiger partial charge in [-0.2, -0.15) is 5.10 Å². The summed E-state index contributed by atoms with van der Waals surface area (Å²) in [5, 5.41) is 13.6. The highest BCUT2D eigenvalue weighted by Gasteiger charge is 2.46. The fourth-order valence-electron chi connectivity index (χ4n) is 3.65. The Kier molecular flexibility index (Phi) is 4.39. The second kappa shape index (κ2) is 6.12. The third-order valence-electron chi connectivity index (χ3n) is 5.31. The molecule has 7 heteroatoms. The van der Waals surface area contributed by atoms with E-state index in [1.165, 1.54) is 0 Å². The Morgan fingerprint density at radius 1 is 1.24 bits per heavy atom. The second-order valence-electron chi connectivity index (χ2n) is 8.64. The largest absolute Gasteiger partial charge is 0.327 e. The summed E-state index contributed by atoms with van der Waals surface area (Å²) in [6.45, 7) is 12.0. The van der Waals surface area contributed by atoms with Gasteiger partial charge in [0.05, 0.1) is 17.8 Å². The number of nitrogens with one attached hydrogen (secondary N) is 3. The van der Waals surface area contributed by atoms with Gasteiger partial charge in [0.1, 0.15) is 0 Å². The zero-order chi connectivity index (χ0) is 18.4. The van der Waals surface area contributed by atoms with Gasteiger partial charge in [0.25, 0.3) is 0 Å². The first-order valence-corrected chi connectivity index (χ1v) is 9.03. The van der Waals surface area contributed by atoms with Crippen LogP contribution in [-0.4, -0.2) is 40.0 Å². The van der Waals surface area contributed by atoms with Gasteiger partial charge < -0.3 is 15.5 Å². The van der Waals surface area contributed by atoms with E-state index in [1.54, 1.807) is 0 Å². The van der Waals surface area contributed by atoms with Gasteiger partial charge >= 0.3 is 0 Å². The van der Waals surface area contributed by atoms with E-state index in [0.29, 0.717) is 12.4 Å². The predicted octanol–water partition coefficient (Wildman–Crippen LogP) is 1.97. The van der Waals surface area contributed by atoms with Crippen LogP contribution in [0.2, 0.25) is 0 Å².